The summed E-state index contributed by atoms with van der Waals surface area (Å²) in [5, 5.41) is 20.2. The van der Waals surface area contributed by atoms with Gasteiger partial charge in [0.15, 0.2) is 0 Å². The first kappa shape index (κ1) is 20.6. The quantitative estimate of drug-likeness (QED) is 0.472. The molecule has 1 atom stereocenters. The molecule has 154 valence electrons. The zero-order valence-corrected chi connectivity index (χ0v) is 16.0. The molecule has 0 saturated heterocycles. The number of aromatic nitrogens is 3. The first-order valence-corrected chi connectivity index (χ1v) is 8.77. The fourth-order valence-electron chi connectivity index (χ4n) is 2.61. The van der Waals surface area contributed by atoms with Gasteiger partial charge in [0.25, 0.3) is 11.6 Å². The molecular weight excluding hydrogens is 395 g/mol. The average Bonchev–Trinajstić information content (AvgIpc) is 3.25. The van der Waals surface area contributed by atoms with E-state index in [9.17, 15) is 24.1 Å². The summed E-state index contributed by atoms with van der Waals surface area (Å²) in [5.74, 6) is -1.85. The summed E-state index contributed by atoms with van der Waals surface area (Å²) in [4.78, 5) is 38.7. The van der Waals surface area contributed by atoms with Gasteiger partial charge in [0.2, 0.25) is 5.91 Å². The van der Waals surface area contributed by atoms with Crippen LogP contribution in [0.1, 0.15) is 28.9 Å². The summed E-state index contributed by atoms with van der Waals surface area (Å²) in [6, 6.07) is 7.60. The van der Waals surface area contributed by atoms with Crippen LogP contribution in [0.2, 0.25) is 0 Å². The largest absolute Gasteiger partial charge is 0.324 e. The normalized spacial score (nSPS) is 11.6. The number of hydrogen-bond donors (Lipinski definition) is 2. The monoisotopic (exact) mass is 412 g/mol. The molecule has 2 N–H and O–H groups in total. The molecule has 3 aromatic rings. The fourth-order valence-corrected chi connectivity index (χ4v) is 2.61. The summed E-state index contributed by atoms with van der Waals surface area (Å²) >= 11 is 0. The van der Waals surface area contributed by atoms with Crippen LogP contribution in [0.5, 0.6) is 0 Å². The molecule has 1 unspecified atom stereocenters. The molecule has 0 aliphatic heterocycles. The first-order valence-electron chi connectivity index (χ1n) is 8.77. The Bertz CT molecular complexity index is 1100. The molecule has 3 rings (SSSR count). The Morgan fingerprint density at radius 1 is 1.17 bits per heavy atom. The Morgan fingerprint density at radius 3 is 2.37 bits per heavy atom. The van der Waals surface area contributed by atoms with Crippen LogP contribution in [0.4, 0.5) is 21.5 Å². The van der Waals surface area contributed by atoms with E-state index in [0.29, 0.717) is 11.4 Å². The lowest BCUT2D eigenvalue weighted by Gasteiger charge is -2.12. The number of halogens is 1. The first-order chi connectivity index (χ1) is 14.3. The third-order valence-electron chi connectivity index (χ3n) is 4.40. The summed E-state index contributed by atoms with van der Waals surface area (Å²) < 4.78 is 15.3. The van der Waals surface area contributed by atoms with Crippen molar-refractivity contribution in [1.29, 1.82) is 0 Å². The summed E-state index contributed by atoms with van der Waals surface area (Å²) in [6.45, 7) is 2.93. The molecule has 0 fully saturated rings. The lowest BCUT2D eigenvalue weighted by molar-refractivity contribution is -0.385. The molecule has 11 heteroatoms. The summed E-state index contributed by atoms with van der Waals surface area (Å²) in [6.07, 6.45) is 2.76. The average molecular weight is 412 g/mol. The van der Waals surface area contributed by atoms with E-state index in [4.69, 9.17) is 0 Å². The number of nitro groups is 1. The minimum Gasteiger partial charge on any atom is -0.324 e. The van der Waals surface area contributed by atoms with Crippen LogP contribution >= 0.6 is 0 Å². The Morgan fingerprint density at radius 2 is 1.80 bits per heavy atom. The maximum atomic E-state index is 13.9. The Labute approximate surface area is 169 Å². The topological polar surface area (TPSA) is 132 Å². The number of amides is 2. The molecule has 30 heavy (non-hydrogen) atoms. The van der Waals surface area contributed by atoms with Gasteiger partial charge in [-0.25, -0.2) is 14.1 Å². The van der Waals surface area contributed by atoms with E-state index in [0.717, 1.165) is 12.1 Å². The van der Waals surface area contributed by atoms with Gasteiger partial charge in [-0.15, -0.1) is 0 Å². The van der Waals surface area contributed by atoms with Crippen molar-refractivity contribution >= 4 is 28.9 Å². The van der Waals surface area contributed by atoms with Crippen LogP contribution in [-0.4, -0.2) is 31.5 Å². The maximum absolute atomic E-state index is 13.9. The number of hydrogen-bond acceptors (Lipinski definition) is 6. The Kier molecular flexibility index (Phi) is 5.81. The molecule has 2 aromatic carbocycles. The molecule has 0 aliphatic rings. The molecule has 0 saturated carbocycles. The number of anilines is 2. The van der Waals surface area contributed by atoms with E-state index >= 15 is 0 Å². The number of carbonyl (C=O) groups excluding carboxylic acids is 2. The molecule has 0 bridgehead atoms. The van der Waals surface area contributed by atoms with Crippen molar-refractivity contribution in [3.63, 3.8) is 0 Å². The van der Waals surface area contributed by atoms with Crippen molar-refractivity contribution in [2.45, 2.75) is 19.9 Å². The number of carbonyl (C=O) groups is 2. The molecule has 0 spiro atoms. The van der Waals surface area contributed by atoms with Crippen LogP contribution in [0.3, 0.4) is 0 Å². The van der Waals surface area contributed by atoms with Gasteiger partial charge >= 0.3 is 0 Å². The highest BCUT2D eigenvalue weighted by Crippen LogP contribution is 2.24. The second-order valence-corrected chi connectivity index (χ2v) is 6.43. The Hall–Kier alpha value is -4.15. The van der Waals surface area contributed by atoms with E-state index in [1.54, 1.807) is 19.1 Å². The predicted octanol–water partition coefficient (Wildman–Crippen LogP) is 3.09. The highest BCUT2D eigenvalue weighted by Gasteiger charge is 2.20. The molecule has 1 heterocycles. The van der Waals surface area contributed by atoms with E-state index in [1.165, 1.54) is 36.4 Å². The smallest absolute Gasteiger partial charge is 0.276 e. The highest BCUT2D eigenvalue weighted by molar-refractivity contribution is 6.05. The Balaban J connectivity index is 1.68. The SMILES string of the molecule is Cc1c(F)cc(C(=O)Nc2ccc(NC(=O)C(C)n3cncn3)cc2)cc1[N+](=O)[O-]. The number of nitrogens with zero attached hydrogens (tertiary/aromatic N) is 4. The molecule has 10 nitrogen and oxygen atoms in total. The standard InChI is InChI=1S/C19H17FN6O4/c1-11-16(20)7-13(8-17(11)26(29)30)19(28)24-15-5-3-14(4-6-15)23-18(27)12(2)25-10-21-9-22-25/h3-10,12H,1-2H3,(H,23,27)(H,24,28). The van der Waals surface area contributed by atoms with Gasteiger partial charge in [0.1, 0.15) is 24.5 Å². The van der Waals surface area contributed by atoms with Crippen LogP contribution in [0.25, 0.3) is 0 Å². The lowest BCUT2D eigenvalue weighted by Crippen LogP contribution is -2.24. The van der Waals surface area contributed by atoms with E-state index in [-0.39, 0.29) is 17.0 Å². The third-order valence-corrected chi connectivity index (χ3v) is 4.40. The third kappa shape index (κ3) is 4.46. The van der Waals surface area contributed by atoms with Crippen LogP contribution in [-0.2, 0) is 4.79 Å². The van der Waals surface area contributed by atoms with E-state index in [1.807, 2.05) is 0 Å². The maximum Gasteiger partial charge on any atom is 0.276 e. The van der Waals surface area contributed by atoms with Gasteiger partial charge in [-0.3, -0.25) is 19.7 Å². The number of benzene rings is 2. The number of rotatable bonds is 6. The molecule has 2 amide bonds. The van der Waals surface area contributed by atoms with Crippen molar-refractivity contribution < 1.29 is 18.9 Å². The van der Waals surface area contributed by atoms with E-state index < -0.39 is 28.4 Å². The van der Waals surface area contributed by atoms with Crippen molar-refractivity contribution in [3.05, 3.63) is 76.1 Å². The van der Waals surface area contributed by atoms with Gasteiger partial charge in [-0.2, -0.15) is 5.10 Å². The van der Waals surface area contributed by atoms with Gasteiger partial charge in [0, 0.05) is 23.0 Å². The van der Waals surface area contributed by atoms with Crippen molar-refractivity contribution in [1.82, 2.24) is 14.8 Å². The van der Waals surface area contributed by atoms with Crippen molar-refractivity contribution in [3.8, 4) is 0 Å². The molecular formula is C19H17FN6O4. The zero-order valence-electron chi connectivity index (χ0n) is 16.0. The molecule has 0 aliphatic carbocycles. The molecule has 0 radical (unpaired) electrons. The lowest BCUT2D eigenvalue weighted by atomic mass is 10.1. The van der Waals surface area contributed by atoms with E-state index in [2.05, 4.69) is 20.7 Å². The minimum absolute atomic E-state index is 0.142. The van der Waals surface area contributed by atoms with Crippen molar-refractivity contribution in [2.24, 2.45) is 0 Å². The second kappa shape index (κ2) is 8.47. The van der Waals surface area contributed by atoms with Crippen LogP contribution in [0, 0.1) is 22.9 Å². The van der Waals surface area contributed by atoms with Gasteiger partial charge < -0.3 is 10.6 Å². The fraction of sp³-hybridized carbons (Fsp3) is 0.158. The number of nitro benzene ring substituents is 1. The summed E-state index contributed by atoms with van der Waals surface area (Å²) in [5.41, 5.74) is 0.0632. The summed E-state index contributed by atoms with van der Waals surface area (Å²) in [7, 11) is 0. The minimum atomic E-state index is -0.839. The van der Waals surface area contributed by atoms with Gasteiger partial charge in [0.05, 0.1) is 10.5 Å². The number of nitrogens with one attached hydrogen (secondary N) is 2. The van der Waals surface area contributed by atoms with Gasteiger partial charge in [-0.05, 0) is 44.2 Å². The molecule has 1 aromatic heterocycles. The zero-order chi connectivity index (χ0) is 21.8. The van der Waals surface area contributed by atoms with Crippen molar-refractivity contribution in [2.75, 3.05) is 10.6 Å². The highest BCUT2D eigenvalue weighted by atomic mass is 19.1. The van der Waals surface area contributed by atoms with Gasteiger partial charge in [-0.1, -0.05) is 0 Å². The predicted molar refractivity (Wildman–Crippen MR) is 106 cm³/mol. The van der Waals surface area contributed by atoms with Crippen LogP contribution < -0.4 is 10.6 Å². The van der Waals surface area contributed by atoms with Crippen LogP contribution in [0.15, 0.2) is 49.1 Å². The second-order valence-electron chi connectivity index (χ2n) is 6.43.